The number of rotatable bonds is 5. The zero-order chi connectivity index (χ0) is 26.3. The Morgan fingerprint density at radius 3 is 2.54 bits per heavy atom. The van der Waals surface area contributed by atoms with Gasteiger partial charge in [0.1, 0.15) is 23.0 Å². The molecular formula is C24H18F4N8O. The fraction of sp³-hybridized carbons (Fsp3) is 0.167. The molecule has 0 saturated heterocycles. The zero-order valence-electron chi connectivity index (χ0n) is 19.2. The van der Waals surface area contributed by atoms with Crippen LogP contribution in [0.1, 0.15) is 40.4 Å². The van der Waals surface area contributed by atoms with Crippen LogP contribution in [0.25, 0.3) is 16.6 Å². The first kappa shape index (κ1) is 24.0. The van der Waals surface area contributed by atoms with Crippen LogP contribution in [0.15, 0.2) is 61.4 Å². The second-order valence-corrected chi connectivity index (χ2v) is 8.22. The van der Waals surface area contributed by atoms with Crippen molar-refractivity contribution in [1.29, 1.82) is 0 Å². The van der Waals surface area contributed by atoms with E-state index in [0.717, 1.165) is 12.1 Å². The molecule has 4 aromatic heterocycles. The van der Waals surface area contributed by atoms with Crippen molar-refractivity contribution in [3.05, 3.63) is 89.9 Å². The number of benzene rings is 1. The molecule has 4 heterocycles. The van der Waals surface area contributed by atoms with Crippen LogP contribution in [0.4, 0.5) is 23.4 Å². The normalized spacial score (nSPS) is 12.7. The van der Waals surface area contributed by atoms with Gasteiger partial charge in [0.2, 0.25) is 0 Å². The molecule has 0 unspecified atom stereocenters. The molecule has 0 saturated carbocycles. The highest BCUT2D eigenvalue weighted by Crippen LogP contribution is 2.30. The lowest BCUT2D eigenvalue weighted by atomic mass is 10.1. The van der Waals surface area contributed by atoms with Gasteiger partial charge in [-0.2, -0.15) is 13.2 Å². The SMILES string of the molecule is C[C@@H](c1ncccn1)N(Cc1ccc(C(F)(F)F)cn1)C(=O)c1cc2c(cc1F)nc(N)c1cncn12. The van der Waals surface area contributed by atoms with E-state index >= 15 is 4.39 Å². The number of nitrogen functional groups attached to an aromatic ring is 1. The highest BCUT2D eigenvalue weighted by Gasteiger charge is 2.32. The Morgan fingerprint density at radius 1 is 1.11 bits per heavy atom. The van der Waals surface area contributed by atoms with Crippen molar-refractivity contribution < 1.29 is 22.4 Å². The summed E-state index contributed by atoms with van der Waals surface area (Å²) in [6.07, 6.45) is 2.05. The summed E-state index contributed by atoms with van der Waals surface area (Å²) in [6, 6.07) is 5.29. The minimum atomic E-state index is -4.56. The van der Waals surface area contributed by atoms with Gasteiger partial charge < -0.3 is 10.6 Å². The number of nitrogens with two attached hydrogens (primary N) is 1. The fourth-order valence-corrected chi connectivity index (χ4v) is 3.93. The molecule has 9 nitrogen and oxygen atoms in total. The highest BCUT2D eigenvalue weighted by atomic mass is 19.4. The van der Waals surface area contributed by atoms with Gasteiger partial charge in [0.25, 0.3) is 5.91 Å². The van der Waals surface area contributed by atoms with E-state index in [1.165, 1.54) is 42.0 Å². The average Bonchev–Trinajstić information content (AvgIpc) is 3.38. The molecule has 2 N–H and O–H groups in total. The largest absolute Gasteiger partial charge is 0.417 e. The summed E-state index contributed by atoms with van der Waals surface area (Å²) in [5.41, 5.74) is 5.97. The number of halogens is 4. The molecular weight excluding hydrogens is 492 g/mol. The minimum Gasteiger partial charge on any atom is -0.382 e. The van der Waals surface area contributed by atoms with Crippen molar-refractivity contribution in [3.63, 3.8) is 0 Å². The number of fused-ring (bicyclic) bond motifs is 3. The molecule has 13 heteroatoms. The molecule has 0 bridgehead atoms. The Morgan fingerprint density at radius 2 is 1.86 bits per heavy atom. The maximum Gasteiger partial charge on any atom is 0.417 e. The first-order valence-corrected chi connectivity index (χ1v) is 10.9. The van der Waals surface area contributed by atoms with Crippen molar-refractivity contribution in [2.45, 2.75) is 25.7 Å². The summed E-state index contributed by atoms with van der Waals surface area (Å²) in [6.45, 7) is 1.40. The Bertz CT molecular complexity index is 1600. The molecule has 0 spiro atoms. The predicted octanol–water partition coefficient (Wildman–Crippen LogP) is 4.21. The Balaban J connectivity index is 1.58. The Hall–Kier alpha value is -4.68. The van der Waals surface area contributed by atoms with E-state index < -0.39 is 29.5 Å². The van der Waals surface area contributed by atoms with E-state index in [-0.39, 0.29) is 35.0 Å². The third kappa shape index (κ3) is 4.50. The molecule has 188 valence electrons. The smallest absolute Gasteiger partial charge is 0.382 e. The number of hydrogen-bond acceptors (Lipinski definition) is 7. The average molecular weight is 510 g/mol. The highest BCUT2D eigenvalue weighted by molar-refractivity contribution is 5.98. The Labute approximate surface area is 206 Å². The number of carbonyl (C=O) groups is 1. The number of alkyl halides is 3. The van der Waals surface area contributed by atoms with E-state index in [0.29, 0.717) is 17.2 Å². The van der Waals surface area contributed by atoms with Crippen molar-refractivity contribution >= 4 is 28.3 Å². The van der Waals surface area contributed by atoms with Crippen LogP contribution in [0.3, 0.4) is 0 Å². The van der Waals surface area contributed by atoms with Crippen molar-refractivity contribution in [2.24, 2.45) is 0 Å². The quantitative estimate of drug-likeness (QED) is 0.352. The number of amides is 1. The molecule has 0 radical (unpaired) electrons. The second kappa shape index (κ2) is 9.08. The van der Waals surface area contributed by atoms with E-state index in [1.807, 2.05) is 0 Å². The van der Waals surface area contributed by atoms with E-state index in [1.54, 1.807) is 17.4 Å². The van der Waals surface area contributed by atoms with Crippen LogP contribution in [-0.4, -0.2) is 40.1 Å². The van der Waals surface area contributed by atoms with Gasteiger partial charge in [0, 0.05) is 24.7 Å². The zero-order valence-corrected chi connectivity index (χ0v) is 19.2. The van der Waals surface area contributed by atoms with Crippen LogP contribution < -0.4 is 5.73 Å². The Kier molecular flexibility index (Phi) is 5.90. The molecule has 0 aliphatic rings. The molecule has 0 aliphatic heterocycles. The van der Waals surface area contributed by atoms with E-state index in [9.17, 15) is 18.0 Å². The first-order valence-electron chi connectivity index (χ1n) is 10.9. The molecule has 1 amide bonds. The van der Waals surface area contributed by atoms with Crippen molar-refractivity contribution in [1.82, 2.24) is 34.2 Å². The fourth-order valence-electron chi connectivity index (χ4n) is 3.93. The van der Waals surface area contributed by atoms with Crippen LogP contribution in [0.5, 0.6) is 0 Å². The number of carbonyl (C=O) groups excluding carboxylic acids is 1. The number of hydrogen-bond donors (Lipinski definition) is 1. The standard InChI is InChI=1S/C24H18F4N8O/c1-13(22-31-5-2-6-32-22)35(11-15-4-3-14(9-33-15)24(26,27)28)23(37)16-7-19-18(8-17(16)25)34-21(29)20-10-30-12-36(19)20/h2-10,12-13H,11H2,1H3,(H2,29,34)/t13-/m0/s1. The third-order valence-electron chi connectivity index (χ3n) is 5.87. The molecule has 1 aromatic carbocycles. The summed E-state index contributed by atoms with van der Waals surface area (Å²) < 4.78 is 55.8. The lowest BCUT2D eigenvalue weighted by Crippen LogP contribution is -2.35. The molecule has 5 aromatic rings. The van der Waals surface area contributed by atoms with E-state index in [2.05, 4.69) is 24.9 Å². The van der Waals surface area contributed by atoms with Gasteiger partial charge in [-0.3, -0.25) is 14.2 Å². The third-order valence-corrected chi connectivity index (χ3v) is 5.87. The van der Waals surface area contributed by atoms with Gasteiger partial charge >= 0.3 is 6.18 Å². The molecule has 37 heavy (non-hydrogen) atoms. The van der Waals surface area contributed by atoms with Crippen LogP contribution in [0, 0.1) is 5.82 Å². The van der Waals surface area contributed by atoms with Gasteiger partial charge in [-0.05, 0) is 31.2 Å². The molecule has 0 aliphatic carbocycles. The lowest BCUT2D eigenvalue weighted by Gasteiger charge is -2.28. The summed E-state index contributed by atoms with van der Waals surface area (Å²) in [5.74, 6) is -1.19. The predicted molar refractivity (Wildman–Crippen MR) is 124 cm³/mol. The van der Waals surface area contributed by atoms with Crippen molar-refractivity contribution in [3.8, 4) is 0 Å². The molecule has 1 atom stereocenters. The second-order valence-electron chi connectivity index (χ2n) is 8.22. The van der Waals surface area contributed by atoms with Gasteiger partial charge in [-0.1, -0.05) is 0 Å². The summed E-state index contributed by atoms with van der Waals surface area (Å²) in [7, 11) is 0. The van der Waals surface area contributed by atoms with Gasteiger partial charge in [-0.25, -0.2) is 24.3 Å². The molecule has 0 fully saturated rings. The topological polar surface area (TPSA) is 115 Å². The first-order chi connectivity index (χ1) is 17.6. The van der Waals surface area contributed by atoms with Crippen LogP contribution >= 0.6 is 0 Å². The lowest BCUT2D eigenvalue weighted by molar-refractivity contribution is -0.137. The number of nitrogens with zero attached hydrogens (tertiary/aromatic N) is 7. The van der Waals surface area contributed by atoms with Crippen LogP contribution in [0.2, 0.25) is 0 Å². The van der Waals surface area contributed by atoms with Gasteiger partial charge in [0.05, 0.1) is 53.0 Å². The van der Waals surface area contributed by atoms with Gasteiger partial charge in [0.15, 0.2) is 0 Å². The number of pyridine rings is 1. The number of imidazole rings is 1. The maximum absolute atomic E-state index is 15.3. The van der Waals surface area contributed by atoms with Crippen LogP contribution in [-0.2, 0) is 12.7 Å². The summed E-state index contributed by atoms with van der Waals surface area (Å²) >= 11 is 0. The summed E-state index contributed by atoms with van der Waals surface area (Å²) in [4.78, 5) is 35.4. The molecule has 5 rings (SSSR count). The van der Waals surface area contributed by atoms with Crippen molar-refractivity contribution in [2.75, 3.05) is 5.73 Å². The number of anilines is 1. The number of aromatic nitrogens is 6. The maximum atomic E-state index is 15.3. The monoisotopic (exact) mass is 510 g/mol. The minimum absolute atomic E-state index is 0.147. The van der Waals surface area contributed by atoms with Gasteiger partial charge in [-0.15, -0.1) is 0 Å². The summed E-state index contributed by atoms with van der Waals surface area (Å²) in [5, 5.41) is 0. The van der Waals surface area contributed by atoms with E-state index in [4.69, 9.17) is 5.73 Å².